The molecular formula is C53H102O6. The molecule has 6 heteroatoms. The summed E-state index contributed by atoms with van der Waals surface area (Å²) >= 11 is 0. The van der Waals surface area contributed by atoms with Gasteiger partial charge in [-0.25, -0.2) is 0 Å². The van der Waals surface area contributed by atoms with Crippen LogP contribution >= 0.6 is 0 Å². The van der Waals surface area contributed by atoms with Crippen LogP contribution in [0.1, 0.15) is 303 Å². The Labute approximate surface area is 368 Å². The summed E-state index contributed by atoms with van der Waals surface area (Å²) in [5.74, 6) is -0.842. The zero-order chi connectivity index (χ0) is 43.0. The summed E-state index contributed by atoms with van der Waals surface area (Å²) in [4.78, 5) is 37.9. The number of carbonyl (C=O) groups excluding carboxylic acids is 3. The molecule has 0 saturated carbocycles. The van der Waals surface area contributed by atoms with Gasteiger partial charge in [0.15, 0.2) is 6.10 Å². The molecule has 0 aliphatic carbocycles. The van der Waals surface area contributed by atoms with E-state index < -0.39 is 6.10 Å². The van der Waals surface area contributed by atoms with Crippen molar-refractivity contribution in [2.75, 3.05) is 13.2 Å². The fourth-order valence-electron chi connectivity index (χ4n) is 8.09. The van der Waals surface area contributed by atoms with Gasteiger partial charge in [-0.3, -0.25) is 14.4 Å². The quantitative estimate of drug-likeness (QED) is 0.0345. The van der Waals surface area contributed by atoms with E-state index in [2.05, 4.69) is 20.8 Å². The van der Waals surface area contributed by atoms with E-state index in [1.807, 2.05) is 0 Å². The number of hydrogen-bond donors (Lipinski definition) is 0. The predicted octanol–water partition coefficient (Wildman–Crippen LogP) is 17.2. The Morgan fingerprint density at radius 1 is 0.271 bits per heavy atom. The van der Waals surface area contributed by atoms with E-state index in [1.54, 1.807) is 0 Å². The standard InChI is InChI=1S/C53H102O6/c1-4-7-10-13-16-19-22-24-25-26-27-28-30-32-35-37-40-43-46-52(55)58-49-50(59-53(56)47-44-41-38-33-21-18-15-12-9-6-3)48-57-51(54)45-42-39-36-34-31-29-23-20-17-14-11-8-5-2/h50H,4-49H2,1-3H3/t50-/m1/s1. The Balaban J connectivity index is 4.23. The van der Waals surface area contributed by atoms with E-state index in [9.17, 15) is 14.4 Å². The summed E-state index contributed by atoms with van der Waals surface area (Å²) in [5.41, 5.74) is 0. The van der Waals surface area contributed by atoms with E-state index >= 15 is 0 Å². The van der Waals surface area contributed by atoms with Crippen LogP contribution in [-0.4, -0.2) is 37.2 Å². The Bertz CT molecular complexity index is 874. The Morgan fingerprint density at radius 3 is 0.678 bits per heavy atom. The van der Waals surface area contributed by atoms with Crippen molar-refractivity contribution in [1.29, 1.82) is 0 Å². The zero-order valence-electron chi connectivity index (χ0n) is 40.1. The van der Waals surface area contributed by atoms with Gasteiger partial charge in [-0.15, -0.1) is 0 Å². The molecule has 59 heavy (non-hydrogen) atoms. The second-order valence-corrected chi connectivity index (χ2v) is 18.2. The van der Waals surface area contributed by atoms with Crippen molar-refractivity contribution < 1.29 is 28.6 Å². The van der Waals surface area contributed by atoms with Crippen LogP contribution in [-0.2, 0) is 28.6 Å². The predicted molar refractivity (Wildman–Crippen MR) is 252 cm³/mol. The minimum Gasteiger partial charge on any atom is -0.462 e. The van der Waals surface area contributed by atoms with Crippen molar-refractivity contribution in [1.82, 2.24) is 0 Å². The lowest BCUT2D eigenvalue weighted by atomic mass is 10.0. The van der Waals surface area contributed by atoms with Gasteiger partial charge in [-0.1, -0.05) is 265 Å². The van der Waals surface area contributed by atoms with Crippen LogP contribution in [0.15, 0.2) is 0 Å². The highest BCUT2D eigenvalue weighted by Crippen LogP contribution is 2.17. The van der Waals surface area contributed by atoms with Crippen LogP contribution in [0.3, 0.4) is 0 Å². The maximum absolute atomic E-state index is 12.7. The third-order valence-corrected chi connectivity index (χ3v) is 12.1. The van der Waals surface area contributed by atoms with Crippen molar-refractivity contribution in [3.63, 3.8) is 0 Å². The van der Waals surface area contributed by atoms with Gasteiger partial charge in [-0.2, -0.15) is 0 Å². The molecule has 0 aliphatic heterocycles. The molecule has 0 aromatic heterocycles. The number of hydrogen-bond acceptors (Lipinski definition) is 6. The fourth-order valence-corrected chi connectivity index (χ4v) is 8.09. The summed E-state index contributed by atoms with van der Waals surface area (Å²) in [6.07, 6.45) is 52.3. The second-order valence-electron chi connectivity index (χ2n) is 18.2. The van der Waals surface area contributed by atoms with Crippen LogP contribution in [0, 0.1) is 0 Å². The number of esters is 3. The van der Waals surface area contributed by atoms with Gasteiger partial charge < -0.3 is 14.2 Å². The highest BCUT2D eigenvalue weighted by atomic mass is 16.6. The van der Waals surface area contributed by atoms with Gasteiger partial charge in [0.1, 0.15) is 13.2 Å². The zero-order valence-corrected chi connectivity index (χ0v) is 40.1. The largest absolute Gasteiger partial charge is 0.462 e. The van der Waals surface area contributed by atoms with Crippen LogP contribution in [0.25, 0.3) is 0 Å². The summed E-state index contributed by atoms with van der Waals surface area (Å²) in [6, 6.07) is 0. The van der Waals surface area contributed by atoms with E-state index in [-0.39, 0.29) is 31.1 Å². The SMILES string of the molecule is CCCCCCCCCCCCCCCCCCCCC(=O)OC[C@@H](COC(=O)CCCCCCCCCCCCCCC)OC(=O)CCCCCCCCCCCC. The fraction of sp³-hybridized carbons (Fsp3) is 0.943. The van der Waals surface area contributed by atoms with Crippen LogP contribution in [0.5, 0.6) is 0 Å². The average Bonchev–Trinajstić information content (AvgIpc) is 3.23. The molecule has 0 heterocycles. The molecule has 0 spiro atoms. The maximum atomic E-state index is 12.7. The minimum absolute atomic E-state index is 0.0618. The minimum atomic E-state index is -0.759. The van der Waals surface area contributed by atoms with Crippen molar-refractivity contribution >= 4 is 17.9 Å². The first-order valence-corrected chi connectivity index (χ1v) is 26.5. The van der Waals surface area contributed by atoms with E-state index in [1.165, 1.54) is 205 Å². The highest BCUT2D eigenvalue weighted by Gasteiger charge is 2.19. The van der Waals surface area contributed by atoms with Crippen LogP contribution in [0.4, 0.5) is 0 Å². The molecule has 0 saturated heterocycles. The topological polar surface area (TPSA) is 78.9 Å². The third-order valence-electron chi connectivity index (χ3n) is 12.1. The Kier molecular flexibility index (Phi) is 47.7. The van der Waals surface area contributed by atoms with Gasteiger partial charge in [0.25, 0.3) is 0 Å². The molecule has 0 unspecified atom stereocenters. The van der Waals surface area contributed by atoms with Crippen molar-refractivity contribution in [3.05, 3.63) is 0 Å². The monoisotopic (exact) mass is 835 g/mol. The van der Waals surface area contributed by atoms with Crippen molar-refractivity contribution in [3.8, 4) is 0 Å². The summed E-state index contributed by atoms with van der Waals surface area (Å²) < 4.78 is 16.8. The first-order chi connectivity index (χ1) is 29.0. The average molecular weight is 835 g/mol. The summed E-state index contributed by atoms with van der Waals surface area (Å²) in [6.45, 7) is 6.67. The first kappa shape index (κ1) is 57.4. The molecule has 0 rings (SSSR count). The lowest BCUT2D eigenvalue weighted by Gasteiger charge is -2.18. The van der Waals surface area contributed by atoms with E-state index in [0.717, 1.165) is 57.8 Å². The van der Waals surface area contributed by atoms with Gasteiger partial charge in [0, 0.05) is 19.3 Å². The lowest BCUT2D eigenvalue weighted by Crippen LogP contribution is -2.30. The molecule has 350 valence electrons. The van der Waals surface area contributed by atoms with Gasteiger partial charge in [0.05, 0.1) is 0 Å². The van der Waals surface area contributed by atoms with E-state index in [0.29, 0.717) is 19.3 Å². The van der Waals surface area contributed by atoms with Crippen molar-refractivity contribution in [2.45, 2.75) is 309 Å². The molecule has 0 aliphatic rings. The molecule has 6 nitrogen and oxygen atoms in total. The molecular weight excluding hydrogens is 733 g/mol. The van der Waals surface area contributed by atoms with Crippen LogP contribution < -0.4 is 0 Å². The highest BCUT2D eigenvalue weighted by molar-refractivity contribution is 5.71. The molecule has 1 atom stereocenters. The molecule has 0 N–H and O–H groups in total. The molecule has 0 fully saturated rings. The van der Waals surface area contributed by atoms with Crippen molar-refractivity contribution in [2.24, 2.45) is 0 Å². The number of carbonyl (C=O) groups is 3. The van der Waals surface area contributed by atoms with Gasteiger partial charge >= 0.3 is 17.9 Å². The summed E-state index contributed by atoms with van der Waals surface area (Å²) in [5, 5.41) is 0. The molecule has 0 aromatic carbocycles. The lowest BCUT2D eigenvalue weighted by molar-refractivity contribution is -0.167. The normalized spacial score (nSPS) is 11.8. The number of ether oxygens (including phenoxy) is 3. The molecule has 0 amide bonds. The summed E-state index contributed by atoms with van der Waals surface area (Å²) in [7, 11) is 0. The Morgan fingerprint density at radius 2 is 0.458 bits per heavy atom. The smallest absolute Gasteiger partial charge is 0.306 e. The van der Waals surface area contributed by atoms with Gasteiger partial charge in [0.2, 0.25) is 0 Å². The maximum Gasteiger partial charge on any atom is 0.306 e. The third kappa shape index (κ3) is 47.3. The van der Waals surface area contributed by atoms with Crippen LogP contribution in [0.2, 0.25) is 0 Å². The van der Waals surface area contributed by atoms with Gasteiger partial charge in [-0.05, 0) is 19.3 Å². The number of unbranched alkanes of at least 4 members (excludes halogenated alkanes) is 38. The molecule has 0 bridgehead atoms. The number of rotatable bonds is 49. The molecule has 0 aromatic rings. The second kappa shape index (κ2) is 49.1. The van der Waals surface area contributed by atoms with E-state index in [4.69, 9.17) is 14.2 Å². The first-order valence-electron chi connectivity index (χ1n) is 26.5. The Hall–Kier alpha value is -1.59. The molecule has 0 radical (unpaired) electrons.